The first-order valence-electron chi connectivity index (χ1n) is 4.75. The fourth-order valence-corrected chi connectivity index (χ4v) is 0.994. The predicted octanol–water partition coefficient (Wildman–Crippen LogP) is 2.73. The van der Waals surface area contributed by atoms with Crippen LogP contribution < -0.4 is 0 Å². The Hall–Kier alpha value is -0.630. The molecule has 0 saturated heterocycles. The van der Waals surface area contributed by atoms with E-state index in [1.54, 1.807) is 7.11 Å². The molecule has 1 atom stereocenters. The Bertz CT molecular complexity index is 190. The van der Waals surface area contributed by atoms with Crippen LogP contribution >= 0.6 is 0 Å². The molecule has 0 amide bonds. The van der Waals surface area contributed by atoms with Crippen molar-refractivity contribution in [2.75, 3.05) is 7.11 Å². The van der Waals surface area contributed by atoms with E-state index in [0.717, 1.165) is 12.0 Å². The Morgan fingerprint density at radius 3 is 2.31 bits per heavy atom. The molecule has 0 fully saturated rings. The fourth-order valence-electron chi connectivity index (χ4n) is 0.994. The highest BCUT2D eigenvalue weighted by Crippen LogP contribution is 2.19. The summed E-state index contributed by atoms with van der Waals surface area (Å²) in [5.74, 6) is 0.129. The molecule has 0 heterocycles. The normalized spacial score (nSPS) is 15.1. The van der Waals surface area contributed by atoms with Gasteiger partial charge in [0.05, 0.1) is 0 Å². The van der Waals surface area contributed by atoms with Gasteiger partial charge in [-0.1, -0.05) is 26.0 Å². The summed E-state index contributed by atoms with van der Waals surface area (Å²) in [6.07, 6.45) is 2.00. The van der Waals surface area contributed by atoms with Crippen LogP contribution in [0.4, 0.5) is 0 Å². The lowest BCUT2D eigenvalue weighted by Crippen LogP contribution is -2.36. The minimum atomic E-state index is -0.627. The molecular formula is C11H20O2. The Kier molecular flexibility index (Phi) is 4.92. The highest BCUT2D eigenvalue weighted by Gasteiger charge is 2.30. The number of carbonyl (C=O) groups excluding carboxylic acids is 1. The van der Waals surface area contributed by atoms with Gasteiger partial charge in [-0.05, 0) is 19.8 Å². The molecule has 0 aromatic carbocycles. The van der Waals surface area contributed by atoms with Crippen LogP contribution in [-0.4, -0.2) is 18.5 Å². The van der Waals surface area contributed by atoms with Crippen molar-refractivity contribution in [1.82, 2.24) is 0 Å². The summed E-state index contributed by atoms with van der Waals surface area (Å²) in [6, 6.07) is 0. The molecule has 0 aromatic rings. The number of hydrogen-bond acceptors (Lipinski definition) is 2. The van der Waals surface area contributed by atoms with Crippen LogP contribution in [-0.2, 0) is 9.53 Å². The van der Waals surface area contributed by atoms with Crippen molar-refractivity contribution in [3.05, 3.63) is 12.2 Å². The number of allylic oxidation sites excluding steroid dienone is 1. The maximum atomic E-state index is 11.7. The van der Waals surface area contributed by atoms with Crippen molar-refractivity contribution >= 4 is 5.78 Å². The molecular weight excluding hydrogens is 164 g/mol. The van der Waals surface area contributed by atoms with Crippen molar-refractivity contribution in [1.29, 1.82) is 0 Å². The van der Waals surface area contributed by atoms with Gasteiger partial charge in [0.1, 0.15) is 5.60 Å². The number of rotatable bonds is 6. The zero-order valence-electron chi connectivity index (χ0n) is 9.14. The quantitative estimate of drug-likeness (QED) is 0.593. The molecule has 2 heteroatoms. The number of ketones is 1. The van der Waals surface area contributed by atoms with Crippen LogP contribution in [0.15, 0.2) is 12.2 Å². The zero-order chi connectivity index (χ0) is 10.5. The van der Waals surface area contributed by atoms with E-state index in [0.29, 0.717) is 12.8 Å². The van der Waals surface area contributed by atoms with E-state index in [-0.39, 0.29) is 5.78 Å². The average Bonchev–Trinajstić information content (AvgIpc) is 2.16. The number of ether oxygens (including phenoxy) is 1. The molecule has 0 saturated carbocycles. The SMILES string of the molecule is C=C(CC)CC(=O)C(C)(CC)OC. The molecule has 2 nitrogen and oxygen atoms in total. The van der Waals surface area contributed by atoms with E-state index in [4.69, 9.17) is 4.74 Å². The molecule has 0 spiro atoms. The number of methoxy groups -OCH3 is 1. The molecule has 0 bridgehead atoms. The van der Waals surface area contributed by atoms with Crippen molar-refractivity contribution in [3.8, 4) is 0 Å². The minimum Gasteiger partial charge on any atom is -0.371 e. The van der Waals surface area contributed by atoms with E-state index >= 15 is 0 Å². The summed E-state index contributed by atoms with van der Waals surface area (Å²) in [5.41, 5.74) is 0.347. The molecule has 0 aliphatic heterocycles. The van der Waals surface area contributed by atoms with Crippen molar-refractivity contribution in [2.45, 2.75) is 45.6 Å². The standard InChI is InChI=1S/C11H20O2/c1-6-9(3)8-10(12)11(4,7-2)13-5/h3,6-8H2,1-2,4-5H3. The third kappa shape index (κ3) is 3.31. The largest absolute Gasteiger partial charge is 0.371 e. The van der Waals surface area contributed by atoms with Gasteiger partial charge < -0.3 is 4.74 Å². The van der Waals surface area contributed by atoms with Gasteiger partial charge in [-0.2, -0.15) is 0 Å². The van der Waals surface area contributed by atoms with Crippen LogP contribution in [0.5, 0.6) is 0 Å². The average molecular weight is 184 g/mol. The lowest BCUT2D eigenvalue weighted by atomic mass is 9.92. The zero-order valence-corrected chi connectivity index (χ0v) is 9.14. The first-order chi connectivity index (χ1) is 6.00. The van der Waals surface area contributed by atoms with Crippen LogP contribution in [0.3, 0.4) is 0 Å². The molecule has 1 unspecified atom stereocenters. The molecule has 0 aliphatic rings. The third-order valence-corrected chi connectivity index (χ3v) is 2.63. The molecule has 76 valence electrons. The van der Waals surface area contributed by atoms with E-state index in [9.17, 15) is 4.79 Å². The second-order valence-corrected chi connectivity index (χ2v) is 3.49. The van der Waals surface area contributed by atoms with E-state index < -0.39 is 5.60 Å². The minimum absolute atomic E-state index is 0.129. The van der Waals surface area contributed by atoms with Crippen LogP contribution in [0.2, 0.25) is 0 Å². The van der Waals surface area contributed by atoms with E-state index in [1.165, 1.54) is 0 Å². The number of Topliss-reactive ketones (excluding diaryl/α,β-unsaturated/α-hetero) is 1. The second-order valence-electron chi connectivity index (χ2n) is 3.49. The van der Waals surface area contributed by atoms with Gasteiger partial charge in [-0.25, -0.2) is 0 Å². The van der Waals surface area contributed by atoms with Gasteiger partial charge in [0.25, 0.3) is 0 Å². The Labute approximate surface area is 81.0 Å². The molecule has 0 aromatic heterocycles. The molecule has 0 rings (SSSR count). The second kappa shape index (κ2) is 5.18. The fraction of sp³-hybridized carbons (Fsp3) is 0.727. The Balaban J connectivity index is 4.31. The smallest absolute Gasteiger partial charge is 0.168 e. The van der Waals surface area contributed by atoms with Gasteiger partial charge in [0.15, 0.2) is 5.78 Å². The first kappa shape index (κ1) is 12.4. The summed E-state index contributed by atoms with van der Waals surface area (Å²) in [7, 11) is 1.58. The van der Waals surface area contributed by atoms with Gasteiger partial charge in [-0.3, -0.25) is 4.79 Å². The Morgan fingerprint density at radius 2 is 2.00 bits per heavy atom. The van der Waals surface area contributed by atoms with Crippen LogP contribution in [0.25, 0.3) is 0 Å². The summed E-state index contributed by atoms with van der Waals surface area (Å²) in [6.45, 7) is 9.61. The van der Waals surface area contributed by atoms with Gasteiger partial charge in [-0.15, -0.1) is 0 Å². The van der Waals surface area contributed by atoms with Crippen LogP contribution in [0, 0.1) is 0 Å². The molecule has 13 heavy (non-hydrogen) atoms. The topological polar surface area (TPSA) is 26.3 Å². The van der Waals surface area contributed by atoms with E-state index in [1.807, 2.05) is 20.8 Å². The third-order valence-electron chi connectivity index (χ3n) is 2.63. The summed E-state index contributed by atoms with van der Waals surface area (Å²) in [5, 5.41) is 0. The van der Waals surface area contributed by atoms with Crippen molar-refractivity contribution < 1.29 is 9.53 Å². The Morgan fingerprint density at radius 1 is 1.46 bits per heavy atom. The highest BCUT2D eigenvalue weighted by atomic mass is 16.5. The number of carbonyl (C=O) groups is 1. The van der Waals surface area contributed by atoms with Gasteiger partial charge in [0.2, 0.25) is 0 Å². The van der Waals surface area contributed by atoms with Crippen LogP contribution in [0.1, 0.15) is 40.0 Å². The molecule has 0 aliphatic carbocycles. The summed E-state index contributed by atoms with van der Waals surface area (Å²) >= 11 is 0. The lowest BCUT2D eigenvalue weighted by molar-refractivity contribution is -0.138. The summed E-state index contributed by atoms with van der Waals surface area (Å²) < 4.78 is 5.20. The maximum Gasteiger partial charge on any atom is 0.168 e. The molecule has 0 N–H and O–H groups in total. The monoisotopic (exact) mass is 184 g/mol. The van der Waals surface area contributed by atoms with E-state index in [2.05, 4.69) is 6.58 Å². The van der Waals surface area contributed by atoms with Gasteiger partial charge >= 0.3 is 0 Å². The van der Waals surface area contributed by atoms with Gasteiger partial charge in [0, 0.05) is 13.5 Å². The maximum absolute atomic E-state index is 11.7. The highest BCUT2D eigenvalue weighted by molar-refractivity contribution is 5.88. The molecule has 0 radical (unpaired) electrons. The lowest BCUT2D eigenvalue weighted by Gasteiger charge is -2.25. The number of hydrogen-bond donors (Lipinski definition) is 0. The summed E-state index contributed by atoms with van der Waals surface area (Å²) in [4.78, 5) is 11.7. The first-order valence-corrected chi connectivity index (χ1v) is 4.75. The van der Waals surface area contributed by atoms with Crippen molar-refractivity contribution in [2.24, 2.45) is 0 Å². The van der Waals surface area contributed by atoms with Crippen molar-refractivity contribution in [3.63, 3.8) is 0 Å². The predicted molar refractivity (Wildman–Crippen MR) is 54.8 cm³/mol.